The highest BCUT2D eigenvalue weighted by atomic mass is 16.5. The van der Waals surface area contributed by atoms with Crippen molar-refractivity contribution in [2.24, 2.45) is 11.3 Å². The molecular weight excluding hydrogens is 376 g/mol. The van der Waals surface area contributed by atoms with Crippen molar-refractivity contribution in [3.8, 4) is 0 Å². The van der Waals surface area contributed by atoms with Crippen LogP contribution in [0.25, 0.3) is 11.1 Å². The predicted octanol–water partition coefficient (Wildman–Crippen LogP) is 5.06. The molecule has 2 aromatic rings. The van der Waals surface area contributed by atoms with E-state index in [2.05, 4.69) is 31.2 Å². The van der Waals surface area contributed by atoms with Crippen LogP contribution in [0.15, 0.2) is 71.8 Å². The minimum absolute atomic E-state index is 0.203. The molecule has 2 bridgehead atoms. The molecule has 0 saturated heterocycles. The molecular formula is C26H26O4. The minimum Gasteiger partial charge on any atom is -0.463 e. The summed E-state index contributed by atoms with van der Waals surface area (Å²) in [5.41, 5.74) is 4.60. The maximum atomic E-state index is 13.1. The van der Waals surface area contributed by atoms with Crippen molar-refractivity contribution in [3.63, 3.8) is 0 Å². The molecule has 2 aliphatic carbocycles. The molecule has 154 valence electrons. The third-order valence-corrected chi connectivity index (χ3v) is 6.07. The molecule has 0 aliphatic heterocycles. The summed E-state index contributed by atoms with van der Waals surface area (Å²) in [6.07, 6.45) is 0.656. The summed E-state index contributed by atoms with van der Waals surface area (Å²) < 4.78 is 10.8. The van der Waals surface area contributed by atoms with Crippen LogP contribution in [0.2, 0.25) is 0 Å². The predicted molar refractivity (Wildman–Crippen MR) is 116 cm³/mol. The minimum atomic E-state index is -0.620. The monoisotopic (exact) mass is 402 g/mol. The number of benzene rings is 2. The van der Waals surface area contributed by atoms with Gasteiger partial charge in [-0.15, -0.1) is 0 Å². The molecule has 0 spiro atoms. The Kier molecular flexibility index (Phi) is 5.33. The SMILES string of the molecule is CCOC(=O)C1=C(C(=O)OCC)C2(C)CC1C(c1ccccc1)=C2c1ccccc1. The molecule has 4 heteroatoms. The molecule has 0 amide bonds. The standard InChI is InChI=1S/C26H26O4/c1-4-29-24(27)21-19-16-26(3,23(21)25(28)30-5-2)22(18-14-10-7-11-15-18)20(19)17-12-8-6-9-13-17/h6-15,19H,4-5,16H2,1-3H3. The van der Waals surface area contributed by atoms with Crippen LogP contribution < -0.4 is 0 Å². The van der Waals surface area contributed by atoms with Crippen LogP contribution in [0.1, 0.15) is 38.3 Å². The van der Waals surface area contributed by atoms with Gasteiger partial charge in [0, 0.05) is 11.3 Å². The average molecular weight is 402 g/mol. The summed E-state index contributed by atoms with van der Waals surface area (Å²) in [6, 6.07) is 20.2. The number of fused-ring (bicyclic) bond motifs is 2. The number of carbonyl (C=O) groups is 2. The van der Waals surface area contributed by atoms with Gasteiger partial charge < -0.3 is 9.47 Å². The smallest absolute Gasteiger partial charge is 0.335 e. The number of rotatable bonds is 6. The first-order chi connectivity index (χ1) is 14.5. The summed E-state index contributed by atoms with van der Waals surface area (Å²) in [5.74, 6) is -1.05. The van der Waals surface area contributed by atoms with Crippen LogP contribution in [0.4, 0.5) is 0 Å². The van der Waals surface area contributed by atoms with Crippen molar-refractivity contribution in [2.75, 3.05) is 13.2 Å². The second kappa shape index (κ2) is 7.94. The largest absolute Gasteiger partial charge is 0.463 e. The van der Waals surface area contributed by atoms with Gasteiger partial charge >= 0.3 is 11.9 Å². The van der Waals surface area contributed by atoms with Crippen molar-refractivity contribution in [1.82, 2.24) is 0 Å². The van der Waals surface area contributed by atoms with Gasteiger partial charge in [-0.1, -0.05) is 67.6 Å². The van der Waals surface area contributed by atoms with Crippen LogP contribution in [0, 0.1) is 11.3 Å². The number of allylic oxidation sites excluding steroid dienone is 2. The summed E-state index contributed by atoms with van der Waals surface area (Å²) >= 11 is 0. The van der Waals surface area contributed by atoms with Gasteiger partial charge in [0.25, 0.3) is 0 Å². The first kappa shape index (κ1) is 20.1. The summed E-state index contributed by atoms with van der Waals surface area (Å²) in [6.45, 7) is 6.13. The zero-order valence-electron chi connectivity index (χ0n) is 17.6. The number of hydrogen-bond acceptors (Lipinski definition) is 4. The van der Waals surface area contributed by atoms with E-state index in [-0.39, 0.29) is 19.1 Å². The van der Waals surface area contributed by atoms with E-state index >= 15 is 0 Å². The molecule has 2 unspecified atom stereocenters. The van der Waals surface area contributed by atoms with Gasteiger partial charge in [-0.25, -0.2) is 9.59 Å². The third-order valence-electron chi connectivity index (χ3n) is 6.07. The van der Waals surface area contributed by atoms with Crippen LogP contribution in [0.3, 0.4) is 0 Å². The van der Waals surface area contributed by atoms with E-state index in [0.29, 0.717) is 17.6 Å². The Labute approximate surface area is 177 Å². The Hall–Kier alpha value is -3.14. The summed E-state index contributed by atoms with van der Waals surface area (Å²) in [7, 11) is 0. The van der Waals surface area contributed by atoms with Crippen LogP contribution in [0.5, 0.6) is 0 Å². The maximum Gasteiger partial charge on any atom is 0.335 e. The first-order valence-electron chi connectivity index (χ1n) is 10.5. The molecule has 4 rings (SSSR count). The van der Waals surface area contributed by atoms with Crippen LogP contribution >= 0.6 is 0 Å². The molecule has 2 aliphatic rings. The highest BCUT2D eigenvalue weighted by Crippen LogP contribution is 2.65. The van der Waals surface area contributed by atoms with Crippen molar-refractivity contribution >= 4 is 23.1 Å². The Morgan fingerprint density at radius 2 is 1.40 bits per heavy atom. The van der Waals surface area contributed by atoms with Gasteiger partial charge in [0.1, 0.15) is 0 Å². The van der Waals surface area contributed by atoms with Crippen molar-refractivity contribution in [3.05, 3.63) is 82.9 Å². The van der Waals surface area contributed by atoms with Crippen LogP contribution in [-0.4, -0.2) is 25.2 Å². The number of esters is 2. The number of carbonyl (C=O) groups excluding carboxylic acids is 2. The van der Waals surface area contributed by atoms with Gasteiger partial charge in [0.2, 0.25) is 0 Å². The fourth-order valence-corrected chi connectivity index (χ4v) is 5.06. The normalized spacial score (nSPS) is 22.4. The fraction of sp³-hybridized carbons (Fsp3) is 0.308. The topological polar surface area (TPSA) is 52.6 Å². The molecule has 30 heavy (non-hydrogen) atoms. The first-order valence-corrected chi connectivity index (χ1v) is 10.5. The van der Waals surface area contributed by atoms with Gasteiger partial charge in [-0.2, -0.15) is 0 Å². The summed E-state index contributed by atoms with van der Waals surface area (Å²) in [5, 5.41) is 0. The second-order valence-electron chi connectivity index (χ2n) is 7.84. The maximum absolute atomic E-state index is 13.1. The second-order valence-corrected chi connectivity index (χ2v) is 7.84. The molecule has 0 radical (unpaired) electrons. The molecule has 2 aromatic carbocycles. The average Bonchev–Trinajstić information content (AvgIpc) is 3.23. The van der Waals surface area contributed by atoms with E-state index in [9.17, 15) is 9.59 Å². The Bertz CT molecular complexity index is 1030. The van der Waals surface area contributed by atoms with Crippen LogP contribution in [-0.2, 0) is 19.1 Å². The van der Waals surface area contributed by atoms with E-state index in [1.54, 1.807) is 13.8 Å². The lowest BCUT2D eigenvalue weighted by Crippen LogP contribution is -2.27. The van der Waals surface area contributed by atoms with Crippen molar-refractivity contribution < 1.29 is 19.1 Å². The Morgan fingerprint density at radius 1 is 0.867 bits per heavy atom. The molecule has 0 N–H and O–H groups in total. The lowest BCUT2D eigenvalue weighted by Gasteiger charge is -2.31. The summed E-state index contributed by atoms with van der Waals surface area (Å²) in [4.78, 5) is 26.1. The molecule has 0 fully saturated rings. The Morgan fingerprint density at radius 3 is 1.97 bits per heavy atom. The van der Waals surface area contributed by atoms with E-state index < -0.39 is 17.4 Å². The Balaban J connectivity index is 1.98. The molecule has 0 aromatic heterocycles. The fourth-order valence-electron chi connectivity index (χ4n) is 5.06. The van der Waals surface area contributed by atoms with E-state index in [0.717, 1.165) is 22.3 Å². The molecule has 0 heterocycles. The molecule has 0 saturated carbocycles. The van der Waals surface area contributed by atoms with Gasteiger partial charge in [0.05, 0.1) is 24.4 Å². The lowest BCUT2D eigenvalue weighted by atomic mass is 9.72. The zero-order chi connectivity index (χ0) is 21.3. The third kappa shape index (κ3) is 3.07. The highest BCUT2D eigenvalue weighted by Gasteiger charge is 2.58. The zero-order valence-corrected chi connectivity index (χ0v) is 17.6. The lowest BCUT2D eigenvalue weighted by molar-refractivity contribution is -0.142. The quantitative estimate of drug-likeness (QED) is 0.634. The molecule has 2 atom stereocenters. The van der Waals surface area contributed by atoms with Gasteiger partial charge in [0.15, 0.2) is 0 Å². The van der Waals surface area contributed by atoms with E-state index in [1.807, 2.05) is 36.4 Å². The molecule has 4 nitrogen and oxygen atoms in total. The number of hydrogen-bond donors (Lipinski definition) is 0. The van der Waals surface area contributed by atoms with Crippen molar-refractivity contribution in [1.29, 1.82) is 0 Å². The number of ether oxygens (including phenoxy) is 2. The van der Waals surface area contributed by atoms with E-state index in [4.69, 9.17) is 9.47 Å². The van der Waals surface area contributed by atoms with E-state index in [1.165, 1.54) is 0 Å². The van der Waals surface area contributed by atoms with Crippen molar-refractivity contribution in [2.45, 2.75) is 27.2 Å². The highest BCUT2D eigenvalue weighted by molar-refractivity contribution is 6.14. The van der Waals surface area contributed by atoms with Gasteiger partial charge in [-0.05, 0) is 42.5 Å². The van der Waals surface area contributed by atoms with Gasteiger partial charge in [-0.3, -0.25) is 0 Å².